The van der Waals surface area contributed by atoms with E-state index in [0.717, 1.165) is 44.9 Å². The molecule has 0 bridgehead atoms. The number of nitrogens with two attached hydrogens (primary N) is 1. The third-order valence-electron chi connectivity index (χ3n) is 3.63. The number of thioether (sulfide) groups is 1. The summed E-state index contributed by atoms with van der Waals surface area (Å²) in [6.07, 6.45) is 2.14. The number of rotatable bonds is 4. The fourth-order valence-corrected chi connectivity index (χ4v) is 3.22. The van der Waals surface area contributed by atoms with Crippen LogP contribution in [0.5, 0.6) is 0 Å². The lowest BCUT2D eigenvalue weighted by Crippen LogP contribution is -3.00. The van der Waals surface area contributed by atoms with Crippen LogP contribution in [0.3, 0.4) is 0 Å². The van der Waals surface area contributed by atoms with E-state index in [2.05, 4.69) is 28.3 Å². The first-order chi connectivity index (χ1) is 11.7. The summed E-state index contributed by atoms with van der Waals surface area (Å²) < 4.78 is 0. The number of quaternary nitrogens is 1. The lowest BCUT2D eigenvalue weighted by atomic mass is 9.99. The molecule has 0 aromatic heterocycles. The molecule has 3 rings (SSSR count). The van der Waals surface area contributed by atoms with E-state index in [9.17, 15) is 0 Å². The normalized spacial score (nSPS) is 14.9. The second kappa shape index (κ2) is 9.92. The Labute approximate surface area is 168 Å². The molecule has 0 atom stereocenters. The van der Waals surface area contributed by atoms with E-state index in [1.54, 1.807) is 11.8 Å². The van der Waals surface area contributed by atoms with Crippen LogP contribution in [0.2, 0.25) is 5.02 Å². The van der Waals surface area contributed by atoms with Gasteiger partial charge < -0.3 is 17.0 Å². The standard InChI is InChI=1S/C19H18ClN3S.BrH/c1-14(22-23-19-21-11-12-24-19)18(16-5-3-2-4-6-16)13-15-7-9-17(20)10-8-15;/h2-10,13H,11-12H2,1H3,(H,21,23);1H/b18-13+,22-14+;. The maximum Gasteiger partial charge on any atom is 0.282 e. The minimum absolute atomic E-state index is 0. The first-order valence-corrected chi connectivity index (χ1v) is 9.17. The fraction of sp³-hybridized carbons (Fsp3) is 0.158. The van der Waals surface area contributed by atoms with Crippen LogP contribution in [-0.2, 0) is 0 Å². The van der Waals surface area contributed by atoms with E-state index in [1.807, 2.05) is 54.8 Å². The molecule has 2 aromatic rings. The first-order valence-electron chi connectivity index (χ1n) is 7.80. The highest BCUT2D eigenvalue weighted by atomic mass is 79.9. The number of halogens is 2. The van der Waals surface area contributed by atoms with Crippen molar-refractivity contribution in [1.29, 1.82) is 0 Å². The molecule has 1 aliphatic rings. The Kier molecular flexibility index (Phi) is 7.90. The van der Waals surface area contributed by atoms with Gasteiger partial charge in [-0.2, -0.15) is 5.43 Å². The second-order valence-electron chi connectivity index (χ2n) is 5.39. The van der Waals surface area contributed by atoms with Crippen molar-refractivity contribution < 1.29 is 22.4 Å². The van der Waals surface area contributed by atoms with Crippen molar-refractivity contribution in [2.45, 2.75) is 6.92 Å². The van der Waals surface area contributed by atoms with Gasteiger partial charge in [0.1, 0.15) is 5.71 Å². The molecular formula is C19H19BrClN3S. The molecule has 0 aliphatic carbocycles. The van der Waals surface area contributed by atoms with Gasteiger partial charge >= 0.3 is 0 Å². The molecule has 0 radical (unpaired) electrons. The van der Waals surface area contributed by atoms with Crippen molar-refractivity contribution in [3.63, 3.8) is 0 Å². The Morgan fingerprint density at radius 3 is 2.52 bits per heavy atom. The van der Waals surface area contributed by atoms with Gasteiger partial charge in [0.25, 0.3) is 5.17 Å². The Hall–Kier alpha value is -1.40. The van der Waals surface area contributed by atoms with E-state index in [1.165, 1.54) is 0 Å². The molecule has 130 valence electrons. The van der Waals surface area contributed by atoms with E-state index in [4.69, 9.17) is 11.6 Å². The van der Waals surface area contributed by atoms with Crippen molar-refractivity contribution in [1.82, 2.24) is 0 Å². The van der Waals surface area contributed by atoms with Gasteiger partial charge in [0.15, 0.2) is 0 Å². The Bertz CT molecular complexity index is 786. The van der Waals surface area contributed by atoms with Crippen molar-refractivity contribution in [2.75, 3.05) is 12.3 Å². The van der Waals surface area contributed by atoms with Crippen LogP contribution < -0.4 is 22.4 Å². The van der Waals surface area contributed by atoms with Crippen LogP contribution in [0.25, 0.3) is 11.6 Å². The Morgan fingerprint density at radius 2 is 1.88 bits per heavy atom. The maximum atomic E-state index is 5.99. The zero-order valence-electron chi connectivity index (χ0n) is 13.8. The molecule has 2 N–H and O–H groups in total. The number of allylic oxidation sites excluding steroid dienone is 1. The number of hydrogen-bond acceptors (Lipinski definition) is 3. The number of hydrogen-bond donors (Lipinski definition) is 1. The molecule has 0 amide bonds. The number of benzene rings is 2. The third-order valence-corrected chi connectivity index (χ3v) is 4.80. The summed E-state index contributed by atoms with van der Waals surface area (Å²) in [5, 5.41) is 6.39. The summed E-state index contributed by atoms with van der Waals surface area (Å²) in [6.45, 7) is 2.92. The third kappa shape index (κ3) is 5.82. The molecule has 3 nitrogen and oxygen atoms in total. The molecule has 1 aliphatic heterocycles. The van der Waals surface area contributed by atoms with Crippen molar-refractivity contribution in [2.24, 2.45) is 10.1 Å². The molecule has 0 spiro atoms. The average molecular weight is 437 g/mol. The first kappa shape index (κ1) is 19.9. The molecule has 25 heavy (non-hydrogen) atoms. The summed E-state index contributed by atoms with van der Waals surface area (Å²) in [7, 11) is 0. The largest absolute Gasteiger partial charge is 1.00 e. The predicted molar refractivity (Wildman–Crippen MR) is 106 cm³/mol. The number of aliphatic imine (C=N–C) groups is 1. The molecular weight excluding hydrogens is 418 g/mol. The van der Waals surface area contributed by atoms with Crippen LogP contribution in [-0.4, -0.2) is 23.2 Å². The topological polar surface area (TPSA) is 41.3 Å². The highest BCUT2D eigenvalue weighted by Gasteiger charge is 2.12. The highest BCUT2D eigenvalue weighted by Crippen LogP contribution is 2.21. The average Bonchev–Trinajstić information content (AvgIpc) is 3.13. The van der Waals surface area contributed by atoms with Gasteiger partial charge in [-0.25, -0.2) is 4.99 Å². The number of nitrogens with zero attached hydrogens (tertiary/aromatic N) is 2. The molecule has 0 unspecified atom stereocenters. The smallest absolute Gasteiger partial charge is 0.282 e. The quantitative estimate of drug-likeness (QED) is 0.329. The minimum Gasteiger partial charge on any atom is -1.00 e. The van der Waals surface area contributed by atoms with Gasteiger partial charge in [-0.3, -0.25) is 0 Å². The summed E-state index contributed by atoms with van der Waals surface area (Å²) in [4.78, 5) is 4.42. The molecule has 0 saturated carbocycles. The minimum atomic E-state index is 0. The molecule has 0 saturated heterocycles. The zero-order chi connectivity index (χ0) is 16.8. The Morgan fingerprint density at radius 1 is 1.16 bits per heavy atom. The van der Waals surface area contributed by atoms with Gasteiger partial charge in [0.2, 0.25) is 0 Å². The van der Waals surface area contributed by atoms with E-state index >= 15 is 0 Å². The predicted octanol–water partition coefficient (Wildman–Crippen LogP) is 0.927. The molecule has 2 aromatic carbocycles. The molecule has 6 heteroatoms. The van der Waals surface area contributed by atoms with Crippen molar-refractivity contribution in [3.05, 3.63) is 70.7 Å². The van der Waals surface area contributed by atoms with Crippen LogP contribution in [0.15, 0.2) is 64.7 Å². The van der Waals surface area contributed by atoms with Gasteiger partial charge in [-0.15, -0.1) is 0 Å². The highest BCUT2D eigenvalue weighted by molar-refractivity contribution is 8.13. The van der Waals surface area contributed by atoms with Crippen molar-refractivity contribution in [3.8, 4) is 0 Å². The lowest BCUT2D eigenvalue weighted by Gasteiger charge is -2.07. The van der Waals surface area contributed by atoms with Crippen LogP contribution in [0.4, 0.5) is 0 Å². The van der Waals surface area contributed by atoms with E-state index < -0.39 is 0 Å². The SMILES string of the molecule is CC(=N\[NH2+]C1=NCCS1)/C(=C\c1ccc(Cl)cc1)c1ccccc1.[Br-]. The van der Waals surface area contributed by atoms with Crippen LogP contribution >= 0.6 is 23.4 Å². The van der Waals surface area contributed by atoms with Crippen LogP contribution in [0.1, 0.15) is 18.1 Å². The summed E-state index contributed by atoms with van der Waals surface area (Å²) >= 11 is 7.74. The van der Waals surface area contributed by atoms with E-state index in [-0.39, 0.29) is 17.0 Å². The monoisotopic (exact) mass is 435 g/mol. The van der Waals surface area contributed by atoms with Crippen LogP contribution in [0, 0.1) is 0 Å². The number of amidine groups is 1. The lowest BCUT2D eigenvalue weighted by molar-refractivity contribution is -0.539. The summed E-state index contributed by atoms with van der Waals surface area (Å²) in [6, 6.07) is 18.1. The summed E-state index contributed by atoms with van der Waals surface area (Å²) in [5.41, 5.74) is 6.17. The molecule has 1 heterocycles. The van der Waals surface area contributed by atoms with Crippen molar-refractivity contribution >= 4 is 45.9 Å². The van der Waals surface area contributed by atoms with Gasteiger partial charge in [0, 0.05) is 16.3 Å². The molecule has 0 fully saturated rings. The van der Waals surface area contributed by atoms with Gasteiger partial charge in [-0.05, 0) is 48.0 Å². The summed E-state index contributed by atoms with van der Waals surface area (Å²) in [5.74, 6) is 1.05. The second-order valence-corrected chi connectivity index (χ2v) is 6.94. The fourth-order valence-electron chi connectivity index (χ4n) is 2.39. The van der Waals surface area contributed by atoms with Gasteiger partial charge in [0.05, 0.1) is 6.54 Å². The Balaban J connectivity index is 0.00000225. The zero-order valence-corrected chi connectivity index (χ0v) is 17.0. The maximum absolute atomic E-state index is 5.99. The van der Waals surface area contributed by atoms with Gasteiger partial charge in [-0.1, -0.05) is 59.2 Å². The van der Waals surface area contributed by atoms with E-state index in [0.29, 0.717) is 0 Å².